The van der Waals surface area contributed by atoms with Crippen LogP contribution in [0.2, 0.25) is 0 Å². The van der Waals surface area contributed by atoms with E-state index in [1.165, 1.54) is 0 Å². The minimum Gasteiger partial charge on any atom is -0.125 e. The van der Waals surface area contributed by atoms with Crippen LogP contribution in [0.15, 0.2) is 30.0 Å². The van der Waals surface area contributed by atoms with Crippen molar-refractivity contribution in [2.45, 2.75) is 27.7 Å². The van der Waals surface area contributed by atoms with Gasteiger partial charge in [0, 0.05) is 0 Å². The van der Waals surface area contributed by atoms with E-state index in [0.29, 0.717) is 0 Å². The number of hydrogen-bond donors (Lipinski definition) is 0. The lowest BCUT2D eigenvalue weighted by Gasteiger charge is -2.17. The normalized spacial score (nSPS) is 11.6. The first-order chi connectivity index (χ1) is 4.52. The molecule has 0 radical (unpaired) electrons. The number of hydrogen-bond acceptors (Lipinski definition) is 0. The third-order valence-electron chi connectivity index (χ3n) is 1.33. The topological polar surface area (TPSA) is 0 Å². The highest BCUT2D eigenvalue weighted by atomic mass is 14.2. The van der Waals surface area contributed by atoms with Gasteiger partial charge in [-0.15, -0.1) is 5.73 Å². The molecule has 0 aliphatic carbocycles. The summed E-state index contributed by atoms with van der Waals surface area (Å²) in [6, 6.07) is 0. The fourth-order valence-electron chi connectivity index (χ4n) is 0.741. The Kier molecular flexibility index (Phi) is 3.18. The quantitative estimate of drug-likeness (QED) is 0.383. The van der Waals surface area contributed by atoms with E-state index in [0.717, 1.165) is 5.57 Å². The molecule has 0 heteroatoms. The van der Waals surface area contributed by atoms with Crippen molar-refractivity contribution in [1.82, 2.24) is 0 Å². The van der Waals surface area contributed by atoms with Gasteiger partial charge in [0.2, 0.25) is 0 Å². The van der Waals surface area contributed by atoms with E-state index in [1.807, 2.05) is 19.1 Å². The van der Waals surface area contributed by atoms with Gasteiger partial charge in [-0.05, 0) is 17.9 Å². The molecule has 0 amide bonds. The van der Waals surface area contributed by atoms with Crippen molar-refractivity contribution in [1.29, 1.82) is 0 Å². The third kappa shape index (κ3) is 2.70. The fraction of sp³-hybridized carbons (Fsp3) is 0.500. The summed E-state index contributed by atoms with van der Waals surface area (Å²) in [5.41, 5.74) is 4.26. The molecule has 0 aromatic heterocycles. The van der Waals surface area contributed by atoms with Crippen molar-refractivity contribution in [3.63, 3.8) is 0 Å². The van der Waals surface area contributed by atoms with E-state index < -0.39 is 0 Å². The van der Waals surface area contributed by atoms with E-state index in [1.54, 1.807) is 0 Å². The summed E-state index contributed by atoms with van der Waals surface area (Å²) in [7, 11) is 0. The molecule has 56 valence electrons. The summed E-state index contributed by atoms with van der Waals surface area (Å²) < 4.78 is 0. The molecule has 0 spiro atoms. The van der Waals surface area contributed by atoms with E-state index in [2.05, 4.69) is 33.1 Å². The Morgan fingerprint density at radius 1 is 1.40 bits per heavy atom. The first kappa shape index (κ1) is 9.26. The molecular weight excluding hydrogens is 120 g/mol. The van der Waals surface area contributed by atoms with Crippen molar-refractivity contribution >= 4 is 0 Å². The van der Waals surface area contributed by atoms with Crippen molar-refractivity contribution in [3.05, 3.63) is 30.0 Å². The Bertz CT molecular complexity index is 171. The smallest absolute Gasteiger partial charge is 0.00162 e. The van der Waals surface area contributed by atoms with Crippen LogP contribution in [0, 0.1) is 5.41 Å². The molecule has 0 saturated carbocycles. The maximum atomic E-state index is 3.63. The van der Waals surface area contributed by atoms with Gasteiger partial charge < -0.3 is 0 Å². The van der Waals surface area contributed by atoms with Gasteiger partial charge in [-0.25, -0.2) is 0 Å². The molecule has 0 N–H and O–H groups in total. The second-order valence-electron chi connectivity index (χ2n) is 3.34. The van der Waals surface area contributed by atoms with E-state index >= 15 is 0 Å². The van der Waals surface area contributed by atoms with Crippen LogP contribution in [0.1, 0.15) is 27.7 Å². The first-order valence-electron chi connectivity index (χ1n) is 3.55. The van der Waals surface area contributed by atoms with Crippen LogP contribution in [0.3, 0.4) is 0 Å². The lowest BCUT2D eigenvalue weighted by atomic mass is 9.87. The molecule has 0 aromatic rings. The predicted molar refractivity (Wildman–Crippen MR) is 46.9 cm³/mol. The third-order valence-corrected chi connectivity index (χ3v) is 1.33. The van der Waals surface area contributed by atoms with Crippen LogP contribution in [-0.2, 0) is 0 Å². The Labute approximate surface area is 64.0 Å². The standard InChI is InChI=1S/C10H16/c1-6-8-9(7-2)10(3,4)5/h6,8H,2H2,1,3-5H3/b8-6-. The minimum absolute atomic E-state index is 0.175. The summed E-state index contributed by atoms with van der Waals surface area (Å²) in [4.78, 5) is 0. The van der Waals surface area contributed by atoms with Crippen LogP contribution in [-0.4, -0.2) is 0 Å². The Balaban J connectivity index is 4.56. The van der Waals surface area contributed by atoms with Crippen molar-refractivity contribution < 1.29 is 0 Å². The highest BCUT2D eigenvalue weighted by Gasteiger charge is 2.12. The second-order valence-corrected chi connectivity index (χ2v) is 3.34. The number of allylic oxidation sites excluding steroid dienone is 3. The van der Waals surface area contributed by atoms with E-state index in [9.17, 15) is 0 Å². The first-order valence-corrected chi connectivity index (χ1v) is 3.55. The van der Waals surface area contributed by atoms with Crippen LogP contribution in [0.4, 0.5) is 0 Å². The highest BCUT2D eigenvalue weighted by Crippen LogP contribution is 2.24. The summed E-state index contributed by atoms with van der Waals surface area (Å²) in [6.07, 6.45) is 4.06. The SMILES string of the molecule is C=C=C(/C=C\C)C(C)(C)C. The Morgan fingerprint density at radius 3 is 2.00 bits per heavy atom. The van der Waals surface area contributed by atoms with Gasteiger partial charge in [0.15, 0.2) is 0 Å². The van der Waals surface area contributed by atoms with Gasteiger partial charge in [-0.2, -0.15) is 0 Å². The fourth-order valence-corrected chi connectivity index (χ4v) is 0.741. The molecule has 0 bridgehead atoms. The molecule has 0 nitrogen and oxygen atoms in total. The Morgan fingerprint density at radius 2 is 1.90 bits per heavy atom. The zero-order chi connectivity index (χ0) is 8.20. The average molecular weight is 136 g/mol. The summed E-state index contributed by atoms with van der Waals surface area (Å²) >= 11 is 0. The van der Waals surface area contributed by atoms with Gasteiger partial charge >= 0.3 is 0 Å². The monoisotopic (exact) mass is 136 g/mol. The number of rotatable bonds is 1. The summed E-state index contributed by atoms with van der Waals surface area (Å²) in [6.45, 7) is 12.1. The highest BCUT2D eigenvalue weighted by molar-refractivity contribution is 5.22. The molecule has 0 atom stereocenters. The maximum absolute atomic E-state index is 3.63. The molecule has 0 heterocycles. The van der Waals surface area contributed by atoms with Gasteiger partial charge in [0.05, 0.1) is 0 Å². The molecule has 10 heavy (non-hydrogen) atoms. The molecule has 0 unspecified atom stereocenters. The van der Waals surface area contributed by atoms with Gasteiger partial charge in [-0.1, -0.05) is 39.5 Å². The van der Waals surface area contributed by atoms with Crippen LogP contribution >= 0.6 is 0 Å². The molecule has 0 aromatic carbocycles. The zero-order valence-corrected chi connectivity index (χ0v) is 7.36. The van der Waals surface area contributed by atoms with E-state index in [4.69, 9.17) is 0 Å². The van der Waals surface area contributed by atoms with Gasteiger partial charge in [0.25, 0.3) is 0 Å². The van der Waals surface area contributed by atoms with Gasteiger partial charge in [-0.3, -0.25) is 0 Å². The molecule has 0 aliphatic rings. The Hall–Kier alpha value is -0.740. The zero-order valence-electron chi connectivity index (χ0n) is 7.36. The second kappa shape index (κ2) is 3.43. The molecular formula is C10H16. The molecule has 0 saturated heterocycles. The van der Waals surface area contributed by atoms with Crippen molar-refractivity contribution in [2.75, 3.05) is 0 Å². The summed E-state index contributed by atoms with van der Waals surface area (Å²) in [5, 5.41) is 0. The molecule has 0 fully saturated rings. The predicted octanol–water partition coefficient (Wildman–Crippen LogP) is 3.32. The lowest BCUT2D eigenvalue weighted by Crippen LogP contribution is -2.06. The van der Waals surface area contributed by atoms with Crippen LogP contribution in [0.5, 0.6) is 0 Å². The van der Waals surface area contributed by atoms with Crippen LogP contribution in [0.25, 0.3) is 0 Å². The van der Waals surface area contributed by atoms with Crippen LogP contribution < -0.4 is 0 Å². The minimum atomic E-state index is 0.175. The maximum Gasteiger partial charge on any atom is -0.00162 e. The largest absolute Gasteiger partial charge is 0.125 e. The van der Waals surface area contributed by atoms with Crippen molar-refractivity contribution in [3.8, 4) is 0 Å². The van der Waals surface area contributed by atoms with Gasteiger partial charge in [0.1, 0.15) is 0 Å². The van der Waals surface area contributed by atoms with Crippen molar-refractivity contribution in [2.24, 2.45) is 5.41 Å². The lowest BCUT2D eigenvalue weighted by molar-refractivity contribution is 0.518. The molecule has 0 aliphatic heterocycles. The molecule has 0 rings (SSSR count). The van der Waals surface area contributed by atoms with E-state index in [-0.39, 0.29) is 5.41 Å². The summed E-state index contributed by atoms with van der Waals surface area (Å²) in [5.74, 6) is 0. The average Bonchev–Trinajstić information content (AvgIpc) is 1.80.